The van der Waals surface area contributed by atoms with Crippen LogP contribution in [0.5, 0.6) is 0 Å². The molecule has 4 amide bonds. The number of amides is 4. The van der Waals surface area contributed by atoms with Gasteiger partial charge in [-0.1, -0.05) is 0 Å². The molecule has 14 heteroatoms. The Labute approximate surface area is 240 Å². The molecule has 232 valence electrons. The number of ether oxygens (including phenoxy) is 3. The third kappa shape index (κ3) is 14.5. The first-order valence-corrected chi connectivity index (χ1v) is 13.4. The van der Waals surface area contributed by atoms with Gasteiger partial charge in [-0.05, 0) is 75.2 Å². The molecule has 0 unspecified atom stereocenters. The minimum Gasteiger partial charge on any atom is -0.460 e. The van der Waals surface area contributed by atoms with Crippen LogP contribution in [0.2, 0.25) is 0 Å². The summed E-state index contributed by atoms with van der Waals surface area (Å²) in [6, 6.07) is -3.63. The van der Waals surface area contributed by atoms with Crippen molar-refractivity contribution in [1.82, 2.24) is 15.7 Å². The van der Waals surface area contributed by atoms with Crippen molar-refractivity contribution in [2.24, 2.45) is 0 Å². The standard InChI is InChI=1S/C27H43N3O11/c1-25(2,3)38-20(33)14-10-16(22(35)39-26(4,5)6)28-24(37)29-17(23(36)40-27(7,8)9)11-15-21(34)41-30-18(31)12-13-19(30)32/h16-17H,10-15H2,1-9H3,(H2,28,29,37)/t16-,17-/m0/s1. The van der Waals surface area contributed by atoms with Gasteiger partial charge in [-0.2, -0.15) is 0 Å². The fourth-order valence-electron chi connectivity index (χ4n) is 3.32. The van der Waals surface area contributed by atoms with E-state index in [9.17, 15) is 33.6 Å². The van der Waals surface area contributed by atoms with Crippen molar-refractivity contribution in [2.75, 3.05) is 0 Å². The minimum absolute atomic E-state index is 0.0822. The van der Waals surface area contributed by atoms with Gasteiger partial charge in [-0.25, -0.2) is 19.2 Å². The van der Waals surface area contributed by atoms with Gasteiger partial charge in [0.05, 0.1) is 6.42 Å². The van der Waals surface area contributed by atoms with Crippen LogP contribution >= 0.6 is 0 Å². The number of carbonyl (C=O) groups is 7. The quantitative estimate of drug-likeness (QED) is 0.206. The fourth-order valence-corrected chi connectivity index (χ4v) is 3.32. The lowest BCUT2D eigenvalue weighted by atomic mass is 10.1. The van der Waals surface area contributed by atoms with Crippen LogP contribution in [0.15, 0.2) is 0 Å². The highest BCUT2D eigenvalue weighted by Gasteiger charge is 2.35. The average Bonchev–Trinajstić information content (AvgIpc) is 3.07. The van der Waals surface area contributed by atoms with Crippen LogP contribution in [0.25, 0.3) is 0 Å². The Bertz CT molecular complexity index is 1000. The van der Waals surface area contributed by atoms with E-state index in [0.29, 0.717) is 5.06 Å². The van der Waals surface area contributed by atoms with E-state index in [4.69, 9.17) is 19.0 Å². The highest BCUT2D eigenvalue weighted by Crippen LogP contribution is 2.16. The van der Waals surface area contributed by atoms with Gasteiger partial charge in [-0.3, -0.25) is 14.4 Å². The van der Waals surface area contributed by atoms with Crippen molar-refractivity contribution in [2.45, 2.75) is 130 Å². The Morgan fingerprint density at radius 1 is 0.659 bits per heavy atom. The molecule has 2 atom stereocenters. The van der Waals surface area contributed by atoms with E-state index in [1.807, 2.05) is 0 Å². The number of rotatable bonds is 11. The maximum absolute atomic E-state index is 12.9. The summed E-state index contributed by atoms with van der Waals surface area (Å²) in [5.41, 5.74) is -2.58. The third-order valence-corrected chi connectivity index (χ3v) is 4.89. The van der Waals surface area contributed by atoms with E-state index in [0.717, 1.165) is 0 Å². The number of hydrogen-bond donors (Lipinski definition) is 2. The lowest BCUT2D eigenvalue weighted by molar-refractivity contribution is -0.197. The van der Waals surface area contributed by atoms with Crippen molar-refractivity contribution in [3.63, 3.8) is 0 Å². The average molecular weight is 586 g/mol. The number of urea groups is 1. The topological polar surface area (TPSA) is 184 Å². The highest BCUT2D eigenvalue weighted by atomic mass is 16.7. The van der Waals surface area contributed by atoms with Crippen LogP contribution in [0.3, 0.4) is 0 Å². The third-order valence-electron chi connectivity index (χ3n) is 4.89. The van der Waals surface area contributed by atoms with Crippen LogP contribution in [-0.2, 0) is 47.8 Å². The second-order valence-corrected chi connectivity index (χ2v) is 12.5. The van der Waals surface area contributed by atoms with E-state index in [2.05, 4.69) is 10.6 Å². The molecule has 0 spiro atoms. The Morgan fingerprint density at radius 3 is 1.39 bits per heavy atom. The molecule has 1 aliphatic rings. The predicted octanol–water partition coefficient (Wildman–Crippen LogP) is 2.22. The van der Waals surface area contributed by atoms with Crippen LogP contribution in [0.4, 0.5) is 4.79 Å². The maximum atomic E-state index is 12.9. The minimum atomic E-state index is -1.38. The Kier molecular flexibility index (Phi) is 12.3. The van der Waals surface area contributed by atoms with Gasteiger partial charge in [0.15, 0.2) is 0 Å². The Hall–Kier alpha value is -3.71. The van der Waals surface area contributed by atoms with Crippen LogP contribution in [0, 0.1) is 0 Å². The Balaban J connectivity index is 2.97. The summed E-state index contributed by atoms with van der Waals surface area (Å²) in [7, 11) is 0. The second kappa shape index (κ2) is 14.3. The molecule has 0 aromatic heterocycles. The Morgan fingerprint density at radius 2 is 1.02 bits per heavy atom. The summed E-state index contributed by atoms with van der Waals surface area (Å²) < 4.78 is 16.0. The van der Waals surface area contributed by atoms with Crippen molar-refractivity contribution >= 4 is 41.7 Å². The number of nitrogens with one attached hydrogen (secondary N) is 2. The first-order chi connectivity index (χ1) is 18.6. The maximum Gasteiger partial charge on any atom is 0.333 e. The molecule has 41 heavy (non-hydrogen) atoms. The molecule has 1 rings (SSSR count). The number of carbonyl (C=O) groups excluding carboxylic acids is 7. The lowest BCUT2D eigenvalue weighted by Crippen LogP contribution is -2.53. The molecule has 0 bridgehead atoms. The first-order valence-electron chi connectivity index (χ1n) is 13.4. The smallest absolute Gasteiger partial charge is 0.333 e. The van der Waals surface area contributed by atoms with E-state index in [1.165, 1.54) is 0 Å². The summed E-state index contributed by atoms with van der Waals surface area (Å²) in [6.45, 7) is 14.8. The van der Waals surface area contributed by atoms with Gasteiger partial charge in [0.2, 0.25) is 0 Å². The van der Waals surface area contributed by atoms with Crippen molar-refractivity contribution in [3.05, 3.63) is 0 Å². The molecule has 0 aliphatic carbocycles. The number of imide groups is 1. The zero-order valence-electron chi connectivity index (χ0n) is 25.3. The summed E-state index contributed by atoms with van der Waals surface area (Å²) in [6.07, 6.45) is -1.31. The van der Waals surface area contributed by atoms with Crippen LogP contribution < -0.4 is 10.6 Å². The van der Waals surface area contributed by atoms with E-state index in [-0.39, 0.29) is 32.1 Å². The van der Waals surface area contributed by atoms with Crippen LogP contribution in [0.1, 0.15) is 101 Å². The van der Waals surface area contributed by atoms with E-state index >= 15 is 0 Å². The number of hydrogen-bond acceptors (Lipinski definition) is 11. The summed E-state index contributed by atoms with van der Waals surface area (Å²) >= 11 is 0. The van der Waals surface area contributed by atoms with Gasteiger partial charge in [0.1, 0.15) is 28.9 Å². The zero-order chi connectivity index (χ0) is 31.8. The molecule has 1 aliphatic heterocycles. The number of nitrogens with zero attached hydrogens (tertiary/aromatic N) is 1. The summed E-state index contributed by atoms with van der Waals surface area (Å²) in [5.74, 6) is -4.58. The largest absolute Gasteiger partial charge is 0.460 e. The van der Waals surface area contributed by atoms with Crippen LogP contribution in [-0.4, -0.2) is 75.7 Å². The van der Waals surface area contributed by atoms with E-state index in [1.54, 1.807) is 62.3 Å². The van der Waals surface area contributed by atoms with Crippen molar-refractivity contribution < 1.29 is 52.6 Å². The van der Waals surface area contributed by atoms with Gasteiger partial charge >= 0.3 is 29.9 Å². The molecule has 0 aromatic carbocycles. The lowest BCUT2D eigenvalue weighted by Gasteiger charge is -2.27. The van der Waals surface area contributed by atoms with Gasteiger partial charge in [0.25, 0.3) is 11.8 Å². The van der Waals surface area contributed by atoms with E-state index < -0.39 is 77.0 Å². The molecule has 1 saturated heterocycles. The van der Waals surface area contributed by atoms with Gasteiger partial charge < -0.3 is 29.7 Å². The molecule has 0 saturated carbocycles. The van der Waals surface area contributed by atoms with Gasteiger partial charge in [0, 0.05) is 19.3 Å². The number of hydroxylamine groups is 2. The summed E-state index contributed by atoms with van der Waals surface area (Å²) in [5, 5.41) is 5.16. The first kappa shape index (κ1) is 35.3. The molecule has 1 heterocycles. The molecular weight excluding hydrogens is 542 g/mol. The molecule has 14 nitrogen and oxygen atoms in total. The number of esters is 3. The highest BCUT2D eigenvalue weighted by molar-refractivity contribution is 6.01. The van der Waals surface area contributed by atoms with Crippen molar-refractivity contribution in [3.8, 4) is 0 Å². The molecule has 2 N–H and O–H groups in total. The SMILES string of the molecule is CC(C)(C)OC(=O)CC[C@H](NC(=O)N[C@@H](CCC(=O)ON1C(=O)CCC1=O)C(=O)OC(C)(C)C)C(=O)OC(C)(C)C. The molecule has 0 aromatic rings. The summed E-state index contributed by atoms with van der Waals surface area (Å²) in [4.78, 5) is 91.3. The van der Waals surface area contributed by atoms with Gasteiger partial charge in [-0.15, -0.1) is 5.06 Å². The fraction of sp³-hybridized carbons (Fsp3) is 0.741. The second-order valence-electron chi connectivity index (χ2n) is 12.5. The van der Waals surface area contributed by atoms with Crippen molar-refractivity contribution in [1.29, 1.82) is 0 Å². The predicted molar refractivity (Wildman–Crippen MR) is 142 cm³/mol. The zero-order valence-corrected chi connectivity index (χ0v) is 25.3. The molecule has 1 fully saturated rings. The molecule has 0 radical (unpaired) electrons. The normalized spacial score (nSPS) is 15.5. The monoisotopic (exact) mass is 585 g/mol. The molecular formula is C27H43N3O11.